The lowest BCUT2D eigenvalue weighted by molar-refractivity contribution is -0.134. The van der Waals surface area contributed by atoms with Crippen LogP contribution < -0.4 is 0 Å². The summed E-state index contributed by atoms with van der Waals surface area (Å²) in [6, 6.07) is 14.6. The number of carbonyl (C=O) groups is 2. The minimum absolute atomic E-state index is 0.0201. The van der Waals surface area contributed by atoms with Gasteiger partial charge in [-0.15, -0.1) is 11.3 Å². The van der Waals surface area contributed by atoms with Crippen molar-refractivity contribution in [2.75, 3.05) is 26.2 Å². The van der Waals surface area contributed by atoms with Crippen LogP contribution in [0.2, 0.25) is 10.0 Å². The Hall–Kier alpha value is -2.38. The van der Waals surface area contributed by atoms with Gasteiger partial charge in [0.2, 0.25) is 5.91 Å². The Morgan fingerprint density at radius 1 is 1.11 bits per heavy atom. The lowest BCUT2D eigenvalue weighted by Gasteiger charge is -2.38. The van der Waals surface area contributed by atoms with Crippen LogP contribution in [0, 0.1) is 6.92 Å². The molecule has 0 bridgehead atoms. The molecule has 5 rings (SSSR count). The van der Waals surface area contributed by atoms with E-state index in [2.05, 4.69) is 11.4 Å². The summed E-state index contributed by atoms with van der Waals surface area (Å²) < 4.78 is 5.82. The molecule has 0 radical (unpaired) electrons. The zero-order valence-corrected chi connectivity index (χ0v) is 22.4. The molecule has 5 nitrogen and oxygen atoms in total. The third-order valence-corrected chi connectivity index (χ3v) is 8.46. The molecule has 1 saturated heterocycles. The molecule has 0 saturated carbocycles. The Kier molecular flexibility index (Phi) is 7.68. The van der Waals surface area contributed by atoms with Gasteiger partial charge in [0.05, 0.1) is 12.1 Å². The maximum Gasteiger partial charge on any atom is 0.254 e. The first-order valence-corrected chi connectivity index (χ1v) is 13.8. The van der Waals surface area contributed by atoms with E-state index in [1.54, 1.807) is 28.4 Å². The lowest BCUT2D eigenvalue weighted by Crippen LogP contribution is -2.48. The molecule has 1 aromatic heterocycles. The van der Waals surface area contributed by atoms with Crippen LogP contribution in [-0.2, 0) is 16.0 Å². The van der Waals surface area contributed by atoms with E-state index in [1.807, 2.05) is 42.2 Å². The highest BCUT2D eigenvalue weighted by Gasteiger charge is 2.36. The summed E-state index contributed by atoms with van der Waals surface area (Å²) in [6.45, 7) is 3.60. The van der Waals surface area contributed by atoms with Crippen LogP contribution in [0.5, 0.6) is 0 Å². The van der Waals surface area contributed by atoms with Crippen LogP contribution in [0.15, 0.2) is 53.9 Å². The highest BCUT2D eigenvalue weighted by molar-refractivity contribution is 7.10. The summed E-state index contributed by atoms with van der Waals surface area (Å²) in [4.78, 5) is 32.2. The van der Waals surface area contributed by atoms with E-state index in [9.17, 15) is 9.59 Å². The van der Waals surface area contributed by atoms with Gasteiger partial charge >= 0.3 is 0 Å². The van der Waals surface area contributed by atoms with E-state index < -0.39 is 0 Å². The second-order valence-corrected chi connectivity index (χ2v) is 11.2. The molecular formula is C28H28Cl2N2O3S. The SMILES string of the molecule is Cc1ccc(C(=O)N(CC(=O)N2CCc3sccc3C2c2ccc(Cl)cc2Cl)CC2CCCO2)cc1. The number of ether oxygens (including phenoxy) is 1. The molecule has 8 heteroatoms. The van der Waals surface area contributed by atoms with Gasteiger partial charge in [-0.2, -0.15) is 0 Å². The van der Waals surface area contributed by atoms with Crippen molar-refractivity contribution in [3.05, 3.63) is 91.1 Å². The number of fused-ring (bicyclic) bond motifs is 1. The Morgan fingerprint density at radius 3 is 2.64 bits per heavy atom. The van der Waals surface area contributed by atoms with E-state index in [0.717, 1.165) is 36.0 Å². The van der Waals surface area contributed by atoms with E-state index >= 15 is 0 Å². The lowest BCUT2D eigenvalue weighted by atomic mass is 9.93. The second kappa shape index (κ2) is 10.9. The average molecular weight is 544 g/mol. The van der Waals surface area contributed by atoms with Crippen molar-refractivity contribution in [3.8, 4) is 0 Å². The van der Waals surface area contributed by atoms with Gasteiger partial charge in [-0.05, 0) is 73.0 Å². The van der Waals surface area contributed by atoms with Crippen molar-refractivity contribution in [1.82, 2.24) is 9.80 Å². The first-order valence-electron chi connectivity index (χ1n) is 12.2. The molecule has 2 amide bonds. The summed E-state index contributed by atoms with van der Waals surface area (Å²) in [6.07, 6.45) is 2.57. The summed E-state index contributed by atoms with van der Waals surface area (Å²) in [7, 11) is 0. The van der Waals surface area contributed by atoms with Gasteiger partial charge in [0.15, 0.2) is 0 Å². The zero-order chi connectivity index (χ0) is 25.2. The third kappa shape index (κ3) is 5.32. The summed E-state index contributed by atoms with van der Waals surface area (Å²) in [5, 5.41) is 3.13. The Balaban J connectivity index is 1.44. The van der Waals surface area contributed by atoms with E-state index in [0.29, 0.717) is 35.3 Å². The fraction of sp³-hybridized carbons (Fsp3) is 0.357. The normalized spacial score (nSPS) is 19.2. The summed E-state index contributed by atoms with van der Waals surface area (Å²) in [5.41, 5.74) is 3.57. The number of amides is 2. The first kappa shape index (κ1) is 25.3. The van der Waals surface area contributed by atoms with Crippen LogP contribution in [0.4, 0.5) is 0 Å². The number of hydrogen-bond donors (Lipinski definition) is 0. The van der Waals surface area contributed by atoms with Crippen LogP contribution in [0.3, 0.4) is 0 Å². The Labute approximate surface area is 225 Å². The standard InChI is InChI=1S/C28H28Cl2N2O3S/c1-18-4-6-19(7-5-18)28(34)31(16-21-3-2-13-35-21)17-26(33)32-12-10-25-23(11-14-36-25)27(32)22-9-8-20(29)15-24(22)30/h4-9,11,14-15,21,27H,2-3,10,12-13,16-17H2,1H3. The van der Waals surface area contributed by atoms with Crippen molar-refractivity contribution < 1.29 is 14.3 Å². The van der Waals surface area contributed by atoms with Gasteiger partial charge in [-0.3, -0.25) is 9.59 Å². The number of carbonyl (C=O) groups excluding carboxylic acids is 2. The quantitative estimate of drug-likeness (QED) is 0.374. The van der Waals surface area contributed by atoms with Gasteiger partial charge < -0.3 is 14.5 Å². The fourth-order valence-corrected chi connectivity index (χ4v) is 6.45. The maximum atomic E-state index is 13.9. The van der Waals surface area contributed by atoms with Gasteiger partial charge in [0.25, 0.3) is 5.91 Å². The molecule has 2 aliphatic rings. The molecule has 2 aromatic carbocycles. The molecule has 0 N–H and O–H groups in total. The maximum absolute atomic E-state index is 13.9. The van der Waals surface area contributed by atoms with Crippen molar-refractivity contribution in [1.29, 1.82) is 0 Å². The largest absolute Gasteiger partial charge is 0.376 e. The molecule has 36 heavy (non-hydrogen) atoms. The fourth-order valence-electron chi connectivity index (χ4n) is 5.03. The Bertz CT molecular complexity index is 1250. The molecule has 3 heterocycles. The molecule has 3 aromatic rings. The minimum atomic E-state index is -0.323. The van der Waals surface area contributed by atoms with Gasteiger partial charge in [-0.1, -0.05) is 47.0 Å². The molecule has 2 aliphatic heterocycles. The number of aryl methyl sites for hydroxylation is 1. The zero-order valence-electron chi connectivity index (χ0n) is 20.1. The topological polar surface area (TPSA) is 49.9 Å². The molecule has 2 unspecified atom stereocenters. The number of hydrogen-bond acceptors (Lipinski definition) is 4. The van der Waals surface area contributed by atoms with Gasteiger partial charge in [-0.25, -0.2) is 0 Å². The molecule has 188 valence electrons. The summed E-state index contributed by atoms with van der Waals surface area (Å²) in [5.74, 6) is -0.269. The monoisotopic (exact) mass is 542 g/mol. The number of thiophene rings is 1. The second-order valence-electron chi connectivity index (χ2n) is 9.39. The highest BCUT2D eigenvalue weighted by atomic mass is 35.5. The molecule has 0 aliphatic carbocycles. The van der Waals surface area contributed by atoms with Crippen molar-refractivity contribution in [3.63, 3.8) is 0 Å². The van der Waals surface area contributed by atoms with E-state index in [-0.39, 0.29) is 30.5 Å². The highest BCUT2D eigenvalue weighted by Crippen LogP contribution is 2.41. The number of rotatable bonds is 6. The van der Waals surface area contributed by atoms with E-state index in [1.165, 1.54) is 4.88 Å². The predicted molar refractivity (Wildman–Crippen MR) is 144 cm³/mol. The molecule has 2 atom stereocenters. The molecule has 0 spiro atoms. The van der Waals surface area contributed by atoms with Crippen molar-refractivity contribution >= 4 is 46.4 Å². The van der Waals surface area contributed by atoms with Crippen LogP contribution >= 0.6 is 34.5 Å². The summed E-state index contributed by atoms with van der Waals surface area (Å²) >= 11 is 14.5. The smallest absolute Gasteiger partial charge is 0.254 e. The van der Waals surface area contributed by atoms with Crippen LogP contribution in [0.1, 0.15) is 50.8 Å². The number of halogens is 2. The molecule has 1 fully saturated rings. The average Bonchev–Trinajstić information content (AvgIpc) is 3.55. The number of nitrogens with zero attached hydrogens (tertiary/aromatic N) is 2. The third-order valence-electron chi connectivity index (χ3n) is 6.90. The van der Waals surface area contributed by atoms with Crippen LogP contribution in [0.25, 0.3) is 0 Å². The predicted octanol–water partition coefficient (Wildman–Crippen LogP) is 6.16. The van der Waals surface area contributed by atoms with Crippen LogP contribution in [-0.4, -0.2) is 54.0 Å². The first-order chi connectivity index (χ1) is 17.4. The minimum Gasteiger partial charge on any atom is -0.376 e. The van der Waals surface area contributed by atoms with Crippen molar-refractivity contribution in [2.45, 2.75) is 38.3 Å². The van der Waals surface area contributed by atoms with Gasteiger partial charge in [0, 0.05) is 40.2 Å². The van der Waals surface area contributed by atoms with E-state index in [4.69, 9.17) is 27.9 Å². The van der Waals surface area contributed by atoms with Crippen molar-refractivity contribution in [2.24, 2.45) is 0 Å². The number of benzene rings is 2. The Morgan fingerprint density at radius 2 is 1.92 bits per heavy atom. The van der Waals surface area contributed by atoms with Gasteiger partial charge in [0.1, 0.15) is 6.54 Å². The molecular weight excluding hydrogens is 515 g/mol.